The van der Waals surface area contributed by atoms with Crippen LogP contribution in [0.25, 0.3) is 16.8 Å². The lowest BCUT2D eigenvalue weighted by atomic mass is 9.97. The van der Waals surface area contributed by atoms with E-state index in [1.54, 1.807) is 26.2 Å². The average Bonchev–Trinajstić information content (AvgIpc) is 3.26. The number of fused-ring (bicyclic) bond motifs is 1. The van der Waals surface area contributed by atoms with Crippen LogP contribution in [0.15, 0.2) is 102 Å². The maximum atomic E-state index is 13.4. The fraction of sp³-hybridized carbons (Fsp3) is 0.100. The third kappa shape index (κ3) is 5.24. The van der Waals surface area contributed by atoms with Crippen LogP contribution in [-0.4, -0.2) is 34.7 Å². The Kier molecular flexibility index (Phi) is 6.88. The molecule has 0 aromatic heterocycles. The van der Waals surface area contributed by atoms with Crippen molar-refractivity contribution in [3.05, 3.63) is 123 Å². The Morgan fingerprint density at radius 3 is 2.38 bits per heavy atom. The summed E-state index contributed by atoms with van der Waals surface area (Å²) in [4.78, 5) is 41.8. The normalized spacial score (nSPS) is 14.8. The lowest BCUT2D eigenvalue weighted by Gasteiger charge is -2.22. The molecule has 39 heavy (non-hydrogen) atoms. The molecule has 1 aliphatic heterocycles. The molecule has 5 rings (SSSR count). The van der Waals surface area contributed by atoms with Crippen molar-refractivity contribution in [1.29, 1.82) is 0 Å². The number of hydrogen-bond donors (Lipinski definition) is 1. The number of benzene rings is 4. The molecule has 1 unspecified atom stereocenters. The van der Waals surface area contributed by atoms with Gasteiger partial charge in [-0.1, -0.05) is 54.6 Å². The minimum Gasteiger partial charge on any atom is -0.497 e. The number of amidine groups is 1. The Bertz CT molecular complexity index is 1650. The Labute approximate surface area is 224 Å². The third-order valence-electron chi connectivity index (χ3n) is 6.49. The van der Waals surface area contributed by atoms with Gasteiger partial charge in [-0.05, 0) is 59.2 Å². The smallest absolute Gasteiger partial charge is 0.297 e. The van der Waals surface area contributed by atoms with Gasteiger partial charge in [0.2, 0.25) is 5.91 Å². The van der Waals surface area contributed by atoms with Crippen molar-refractivity contribution in [3.63, 3.8) is 0 Å². The van der Waals surface area contributed by atoms with E-state index in [2.05, 4.69) is 10.4 Å². The molecule has 0 bridgehead atoms. The molecular formula is C30H24N4O5. The number of rotatable bonds is 7. The van der Waals surface area contributed by atoms with Gasteiger partial charge in [-0.15, -0.1) is 0 Å². The molecule has 9 heteroatoms. The van der Waals surface area contributed by atoms with Crippen LogP contribution in [-0.2, 0) is 9.59 Å². The number of carbonyl (C=O) groups excluding carboxylic acids is 2. The highest BCUT2D eigenvalue weighted by molar-refractivity contribution is 6.20. The summed E-state index contributed by atoms with van der Waals surface area (Å²) >= 11 is 0. The second-order valence-electron chi connectivity index (χ2n) is 8.99. The Balaban J connectivity index is 1.42. The summed E-state index contributed by atoms with van der Waals surface area (Å²) in [5, 5.41) is 14.1. The SMILES string of the molecule is COc1ccc2cc(C(C)C(=O)NN3C(=O)/C(=C\c4ccc([N+](=O)[O-])cc4)N=C3c3ccccc3)ccc2c1. The molecular weight excluding hydrogens is 496 g/mol. The first-order valence-electron chi connectivity index (χ1n) is 12.2. The zero-order valence-electron chi connectivity index (χ0n) is 21.2. The summed E-state index contributed by atoms with van der Waals surface area (Å²) in [6.45, 7) is 1.77. The van der Waals surface area contributed by atoms with E-state index in [4.69, 9.17) is 4.74 Å². The largest absolute Gasteiger partial charge is 0.497 e. The summed E-state index contributed by atoms with van der Waals surface area (Å²) in [6.07, 6.45) is 1.53. The quantitative estimate of drug-likeness (QED) is 0.204. The van der Waals surface area contributed by atoms with Gasteiger partial charge in [0, 0.05) is 17.7 Å². The average molecular weight is 521 g/mol. The van der Waals surface area contributed by atoms with Gasteiger partial charge in [-0.25, -0.2) is 4.99 Å². The van der Waals surface area contributed by atoms with Crippen LogP contribution in [0.2, 0.25) is 0 Å². The number of hydrogen-bond acceptors (Lipinski definition) is 6. The van der Waals surface area contributed by atoms with Crippen LogP contribution in [0, 0.1) is 10.1 Å². The first-order valence-corrected chi connectivity index (χ1v) is 12.2. The molecule has 194 valence electrons. The van der Waals surface area contributed by atoms with Crippen LogP contribution in [0.4, 0.5) is 5.69 Å². The minimum atomic E-state index is -0.566. The summed E-state index contributed by atoms with van der Waals surface area (Å²) < 4.78 is 5.29. The van der Waals surface area contributed by atoms with Crippen molar-refractivity contribution in [1.82, 2.24) is 10.4 Å². The highest BCUT2D eigenvalue weighted by Crippen LogP contribution is 2.27. The summed E-state index contributed by atoms with van der Waals surface area (Å²) in [7, 11) is 1.61. The topological polar surface area (TPSA) is 114 Å². The Morgan fingerprint density at radius 2 is 1.69 bits per heavy atom. The number of nitrogens with zero attached hydrogens (tertiary/aromatic N) is 3. The molecule has 0 fully saturated rings. The molecule has 0 saturated heterocycles. The van der Waals surface area contributed by atoms with E-state index in [9.17, 15) is 19.7 Å². The fourth-order valence-corrected chi connectivity index (χ4v) is 4.25. The van der Waals surface area contributed by atoms with Crippen molar-refractivity contribution >= 4 is 40.2 Å². The van der Waals surface area contributed by atoms with E-state index in [0.29, 0.717) is 11.1 Å². The van der Waals surface area contributed by atoms with Crippen molar-refractivity contribution in [2.24, 2.45) is 4.99 Å². The number of amides is 2. The molecule has 4 aromatic rings. The number of methoxy groups -OCH3 is 1. The Hall–Kier alpha value is -5.31. The highest BCUT2D eigenvalue weighted by atomic mass is 16.6. The van der Waals surface area contributed by atoms with Gasteiger partial charge in [-0.3, -0.25) is 25.1 Å². The highest BCUT2D eigenvalue weighted by Gasteiger charge is 2.34. The second kappa shape index (κ2) is 10.6. The monoisotopic (exact) mass is 520 g/mol. The van der Waals surface area contributed by atoms with Crippen LogP contribution < -0.4 is 10.2 Å². The van der Waals surface area contributed by atoms with E-state index in [-0.39, 0.29) is 23.1 Å². The molecule has 0 saturated carbocycles. The van der Waals surface area contributed by atoms with Crippen LogP contribution >= 0.6 is 0 Å². The molecule has 9 nitrogen and oxygen atoms in total. The maximum Gasteiger partial charge on any atom is 0.297 e. The standard InChI is InChI=1S/C30H24N4O5/c1-19(22-10-11-24-18-26(39-2)15-12-23(24)17-22)29(35)32-33-28(21-6-4-3-5-7-21)31-27(30(33)36)16-20-8-13-25(14-9-20)34(37)38/h3-19H,1-2H3,(H,32,35)/b27-16+. The zero-order chi connectivity index (χ0) is 27.5. The number of ether oxygens (including phenoxy) is 1. The molecule has 1 aliphatic rings. The Morgan fingerprint density at radius 1 is 1.00 bits per heavy atom. The van der Waals surface area contributed by atoms with Gasteiger partial charge < -0.3 is 4.74 Å². The molecule has 0 radical (unpaired) electrons. The molecule has 0 spiro atoms. The molecule has 1 N–H and O–H groups in total. The van der Waals surface area contributed by atoms with Gasteiger partial charge in [0.25, 0.3) is 11.6 Å². The molecule has 4 aromatic carbocycles. The minimum absolute atomic E-state index is 0.0564. The van der Waals surface area contributed by atoms with E-state index in [0.717, 1.165) is 27.1 Å². The summed E-state index contributed by atoms with van der Waals surface area (Å²) in [6, 6.07) is 26.3. The van der Waals surface area contributed by atoms with Crippen molar-refractivity contribution < 1.29 is 19.2 Å². The molecule has 2 amide bonds. The van der Waals surface area contributed by atoms with Crippen LogP contribution in [0.3, 0.4) is 0 Å². The second-order valence-corrected chi connectivity index (χ2v) is 8.99. The number of nitro groups is 1. The predicted molar refractivity (Wildman–Crippen MR) is 148 cm³/mol. The lowest BCUT2D eigenvalue weighted by Crippen LogP contribution is -2.48. The van der Waals surface area contributed by atoms with Crippen LogP contribution in [0.5, 0.6) is 5.75 Å². The van der Waals surface area contributed by atoms with Crippen molar-refractivity contribution in [3.8, 4) is 5.75 Å². The van der Waals surface area contributed by atoms with E-state index < -0.39 is 16.7 Å². The van der Waals surface area contributed by atoms with Gasteiger partial charge in [0.15, 0.2) is 5.84 Å². The summed E-state index contributed by atoms with van der Waals surface area (Å²) in [5.41, 5.74) is 4.78. The van der Waals surface area contributed by atoms with Gasteiger partial charge in [0.05, 0.1) is 18.0 Å². The fourth-order valence-electron chi connectivity index (χ4n) is 4.25. The van der Waals surface area contributed by atoms with Crippen molar-refractivity contribution in [2.75, 3.05) is 7.11 Å². The maximum absolute atomic E-state index is 13.4. The van der Waals surface area contributed by atoms with E-state index in [1.165, 1.54) is 30.3 Å². The number of non-ortho nitro benzene ring substituents is 1. The number of nitrogens with one attached hydrogen (secondary N) is 1. The van der Waals surface area contributed by atoms with Crippen molar-refractivity contribution in [2.45, 2.75) is 12.8 Å². The van der Waals surface area contributed by atoms with E-state index >= 15 is 0 Å². The first kappa shape index (κ1) is 25.3. The lowest BCUT2D eigenvalue weighted by molar-refractivity contribution is -0.384. The van der Waals surface area contributed by atoms with Gasteiger partial charge in [0.1, 0.15) is 11.4 Å². The molecule has 1 atom stereocenters. The predicted octanol–water partition coefficient (Wildman–Crippen LogP) is 5.22. The third-order valence-corrected chi connectivity index (χ3v) is 6.49. The van der Waals surface area contributed by atoms with Crippen LogP contribution in [0.1, 0.15) is 29.5 Å². The zero-order valence-corrected chi connectivity index (χ0v) is 21.2. The number of aliphatic imine (C=N–C) groups is 1. The summed E-state index contributed by atoms with van der Waals surface area (Å²) in [5.74, 6) is -0.433. The molecule has 1 heterocycles. The van der Waals surface area contributed by atoms with Gasteiger partial charge in [-0.2, -0.15) is 5.01 Å². The first-order chi connectivity index (χ1) is 18.8. The number of carbonyl (C=O) groups is 2. The van der Waals surface area contributed by atoms with E-state index in [1.807, 2.05) is 54.6 Å². The van der Waals surface area contributed by atoms with Gasteiger partial charge >= 0.3 is 0 Å². The number of nitro benzene ring substituents is 1. The molecule has 0 aliphatic carbocycles. The number of hydrazine groups is 1.